The molecule has 2 aromatic heterocycles. The molecule has 1 aromatic carbocycles. The van der Waals surface area contributed by atoms with Crippen molar-refractivity contribution >= 4 is 48.0 Å². The Kier molecular flexibility index (Phi) is 26.1. The lowest BCUT2D eigenvalue weighted by molar-refractivity contribution is -0.122. The maximum atomic E-state index is 12.4. The number of fused-ring (bicyclic) bond motifs is 1. The molecule has 2 aliphatic rings. The fraction of sp³-hybridized carbons (Fsp3) is 0.591. The Morgan fingerprint density at radius 2 is 1.64 bits per heavy atom. The van der Waals surface area contributed by atoms with Gasteiger partial charge in [0.2, 0.25) is 5.91 Å². The van der Waals surface area contributed by atoms with Crippen LogP contribution in [0.5, 0.6) is 0 Å². The number of likely N-dealkylation sites (tertiary alicyclic amines) is 1. The number of alkyl halides is 1. The average molecular weight is 810 g/mol. The van der Waals surface area contributed by atoms with Crippen molar-refractivity contribution in [2.75, 3.05) is 77.5 Å². The zero-order valence-corrected chi connectivity index (χ0v) is 36.5. The molecule has 0 radical (unpaired) electrons. The molecular weight excluding hydrogens is 738 g/mol. The first-order valence-corrected chi connectivity index (χ1v) is 20.5. The maximum Gasteiger partial charge on any atom is 0.242 e. The number of unbranched alkanes of at least 4 members (excludes halogenated alkanes) is 5. The predicted molar refractivity (Wildman–Crippen MR) is 237 cm³/mol. The fourth-order valence-electron chi connectivity index (χ4n) is 6.67. The van der Waals surface area contributed by atoms with E-state index in [0.29, 0.717) is 12.3 Å². The van der Waals surface area contributed by atoms with E-state index in [-0.39, 0.29) is 18.0 Å². The van der Waals surface area contributed by atoms with Gasteiger partial charge < -0.3 is 45.0 Å². The highest BCUT2D eigenvalue weighted by atomic mass is 19.1. The topological polar surface area (TPSA) is 144 Å². The third-order valence-corrected chi connectivity index (χ3v) is 10.2. The molecule has 1 aliphatic carbocycles. The number of nitrogens with zero attached hydrogens (tertiary/aromatic N) is 6. The van der Waals surface area contributed by atoms with Crippen molar-refractivity contribution in [3.63, 3.8) is 0 Å². The van der Waals surface area contributed by atoms with Crippen LogP contribution in [0.3, 0.4) is 0 Å². The molecule has 14 heteroatoms. The summed E-state index contributed by atoms with van der Waals surface area (Å²) >= 11 is 0. The second kappa shape index (κ2) is 29.5. The molecule has 0 spiro atoms. The number of hydrogen-bond donors (Lipinski definition) is 3. The van der Waals surface area contributed by atoms with Crippen LogP contribution in [0.25, 0.3) is 5.65 Å². The van der Waals surface area contributed by atoms with Gasteiger partial charge in [0.25, 0.3) is 0 Å². The minimum atomic E-state index is -0.546. The Morgan fingerprint density at radius 3 is 2.17 bits per heavy atom. The number of piperidine rings is 1. The highest BCUT2D eigenvalue weighted by Crippen LogP contribution is 2.32. The van der Waals surface area contributed by atoms with Gasteiger partial charge in [-0.05, 0) is 109 Å². The van der Waals surface area contributed by atoms with Gasteiger partial charge in [-0.1, -0.05) is 31.4 Å². The van der Waals surface area contributed by atoms with Crippen molar-refractivity contribution in [2.24, 2.45) is 0 Å². The van der Waals surface area contributed by atoms with E-state index in [0.717, 1.165) is 93.3 Å². The van der Waals surface area contributed by atoms with E-state index in [2.05, 4.69) is 78.6 Å². The molecule has 2 fully saturated rings. The molecule has 3 N–H and O–H groups in total. The van der Waals surface area contributed by atoms with E-state index < -0.39 is 6.17 Å². The van der Waals surface area contributed by atoms with E-state index in [4.69, 9.17) is 9.59 Å². The molecule has 5 rings (SSSR count). The number of allylic oxidation sites excluding steroid dienone is 1. The number of aldehydes is 2. The van der Waals surface area contributed by atoms with E-state index >= 15 is 0 Å². The van der Waals surface area contributed by atoms with Gasteiger partial charge in [-0.25, -0.2) is 13.9 Å². The summed E-state index contributed by atoms with van der Waals surface area (Å²) in [5.74, 6) is 0.595. The van der Waals surface area contributed by atoms with E-state index in [1.807, 2.05) is 51.8 Å². The lowest BCUT2D eigenvalue weighted by atomic mass is 9.93. The molecule has 1 unspecified atom stereocenters. The van der Waals surface area contributed by atoms with Crippen LogP contribution in [0.15, 0.2) is 49.3 Å². The van der Waals surface area contributed by atoms with E-state index in [9.17, 15) is 14.0 Å². The van der Waals surface area contributed by atoms with Crippen molar-refractivity contribution in [3.8, 4) is 0 Å². The normalized spacial score (nSPS) is 16.2. The summed E-state index contributed by atoms with van der Waals surface area (Å²) in [6.07, 6.45) is 18.8. The van der Waals surface area contributed by atoms with Crippen LogP contribution in [0.4, 0.5) is 21.5 Å². The first-order valence-electron chi connectivity index (χ1n) is 20.5. The number of benzene rings is 1. The Balaban J connectivity index is 0.000000484. The van der Waals surface area contributed by atoms with Gasteiger partial charge in [-0.15, -0.1) is 6.58 Å². The number of aryl methyl sites for hydroxylation is 1. The number of carbonyl (C=O) groups is 4. The van der Waals surface area contributed by atoms with Crippen molar-refractivity contribution in [1.82, 2.24) is 30.1 Å². The van der Waals surface area contributed by atoms with Crippen molar-refractivity contribution in [2.45, 2.75) is 108 Å². The largest absolute Gasteiger partial charge is 0.385 e. The number of imidazole rings is 1. The Hall–Kier alpha value is -4.69. The van der Waals surface area contributed by atoms with Crippen LogP contribution < -0.4 is 25.8 Å². The summed E-state index contributed by atoms with van der Waals surface area (Å²) in [5, 5.41) is 13.5. The van der Waals surface area contributed by atoms with Crippen molar-refractivity contribution < 1.29 is 23.6 Å². The van der Waals surface area contributed by atoms with E-state index in [1.165, 1.54) is 43.9 Å². The molecule has 1 saturated heterocycles. The molecule has 3 atom stereocenters. The van der Waals surface area contributed by atoms with Crippen molar-refractivity contribution in [3.05, 3.63) is 60.6 Å². The number of carbonyl (C=O) groups excluding carboxylic acids is 4. The van der Waals surface area contributed by atoms with Gasteiger partial charge in [0.05, 0.1) is 22.8 Å². The van der Waals surface area contributed by atoms with E-state index in [1.54, 1.807) is 20.3 Å². The lowest BCUT2D eigenvalue weighted by Crippen LogP contribution is -2.44. The first kappa shape index (κ1) is 51.3. The minimum Gasteiger partial charge on any atom is -0.385 e. The number of nitrogens with one attached hydrogen (secondary N) is 3. The number of amides is 1. The smallest absolute Gasteiger partial charge is 0.242 e. The molecule has 13 nitrogen and oxygen atoms in total. The number of hydrogen-bond acceptors (Lipinski definition) is 11. The molecule has 58 heavy (non-hydrogen) atoms. The zero-order valence-electron chi connectivity index (χ0n) is 36.5. The maximum absolute atomic E-state index is 12.4. The number of anilines is 3. The monoisotopic (exact) mass is 810 g/mol. The third-order valence-electron chi connectivity index (χ3n) is 10.2. The third kappa shape index (κ3) is 17.8. The summed E-state index contributed by atoms with van der Waals surface area (Å²) < 4.78 is 13.6. The van der Waals surface area contributed by atoms with Crippen LogP contribution in [0.2, 0.25) is 0 Å². The Morgan fingerprint density at radius 1 is 1.00 bits per heavy atom. The number of halogens is 1. The fourth-order valence-corrected chi connectivity index (χ4v) is 6.67. The molecule has 324 valence electrons. The molecule has 3 heterocycles. The number of likely N-dealkylation sites (N-methyl/N-ethyl adjacent to an activating group) is 2. The summed E-state index contributed by atoms with van der Waals surface area (Å²) in [6.45, 7) is 9.55. The molecule has 0 bridgehead atoms. The second-order valence-electron chi connectivity index (χ2n) is 14.7. The van der Waals surface area contributed by atoms with Gasteiger partial charge in [-0.2, -0.15) is 5.10 Å². The van der Waals surface area contributed by atoms with Gasteiger partial charge in [-0.3, -0.25) is 4.79 Å². The van der Waals surface area contributed by atoms with Gasteiger partial charge in [0.15, 0.2) is 5.65 Å². The molecule has 1 amide bonds. The van der Waals surface area contributed by atoms with Crippen LogP contribution in [-0.4, -0.2) is 125 Å². The van der Waals surface area contributed by atoms with Crippen molar-refractivity contribution in [1.29, 1.82) is 0 Å². The van der Waals surface area contributed by atoms with Gasteiger partial charge >= 0.3 is 0 Å². The Labute approximate surface area is 347 Å². The molecular formula is C44H72FN9O4. The molecule has 3 aromatic rings. The molecule has 1 saturated carbocycles. The number of aromatic nitrogens is 3. The summed E-state index contributed by atoms with van der Waals surface area (Å²) in [5.41, 5.74) is 6.64. The van der Waals surface area contributed by atoms with Crippen LogP contribution in [0, 0.1) is 0 Å². The zero-order chi connectivity index (χ0) is 43.5. The SMILES string of the molecule is C=CCCC(C(=O)NC)N(C)c1ccc(CCCCCCCC=O)cc1N(C)C.C=O.CC=O.CN[C@@H]1C[C@@H]1F.CNc1cc(C2CCN(C)CC2)nn2ccnc12. The van der Waals surface area contributed by atoms with Gasteiger partial charge in [0.1, 0.15) is 31.6 Å². The predicted octanol–water partition coefficient (Wildman–Crippen LogP) is 6.27. The first-order chi connectivity index (χ1) is 28.0. The van der Waals surface area contributed by atoms with Gasteiger partial charge in [0, 0.05) is 66.0 Å². The number of rotatable bonds is 18. The van der Waals surface area contributed by atoms with Crippen LogP contribution in [-0.2, 0) is 25.6 Å². The highest BCUT2D eigenvalue weighted by molar-refractivity contribution is 5.87. The average Bonchev–Trinajstić information content (AvgIpc) is 3.76. The lowest BCUT2D eigenvalue weighted by Gasteiger charge is -2.32. The highest BCUT2D eigenvalue weighted by Gasteiger charge is 2.35. The summed E-state index contributed by atoms with van der Waals surface area (Å²) in [4.78, 5) is 50.5. The molecule has 1 aliphatic heterocycles. The standard InChI is InChI=1S/C24H39N3O2.C13H19N5.C4H8FN.C2H4O.CH2O/c1-6-7-15-22(24(29)25-2)27(5)21-17-16-20(19-23(21)26(3)4)14-12-10-8-9-11-13-18-28;1-14-12-9-11(10-3-6-17(2)7-4-10)16-18-8-5-15-13(12)18;1-6-4-2-3(4)5;1-2-3;1-2/h6,16-19,22H,1,7-15H2,2-5H3,(H,25,29);5,8-10,14H,3-4,6-7H2,1-2H3;3-4,6H,2H2,1H3;2H,1H3;1H2/t;;3-,4+;;/m..0../s1. The van der Waals surface area contributed by atoms with Crippen LogP contribution >= 0.6 is 0 Å². The Bertz CT molecular complexity index is 1610. The minimum absolute atomic E-state index is 0.0257. The summed E-state index contributed by atoms with van der Waals surface area (Å²) in [6, 6.07) is 8.67. The summed E-state index contributed by atoms with van der Waals surface area (Å²) in [7, 11) is 13.7. The quantitative estimate of drug-likeness (QED) is 0.0761. The second-order valence-corrected chi connectivity index (χ2v) is 14.7. The van der Waals surface area contributed by atoms with Crippen LogP contribution in [0.1, 0.15) is 94.7 Å².